The number of nitrogen functional groups attached to an aromatic ring is 1. The molecule has 0 amide bonds. The number of aromatic nitrogens is 4. The van der Waals surface area contributed by atoms with Gasteiger partial charge in [-0.3, -0.25) is 4.57 Å². The zero-order valence-corrected chi connectivity index (χ0v) is 14.5. The number of methoxy groups -OCH3 is 1. The van der Waals surface area contributed by atoms with Crippen molar-refractivity contribution in [3.8, 4) is 6.01 Å². The summed E-state index contributed by atoms with van der Waals surface area (Å²) in [7, 11) is 1.31. The fourth-order valence-corrected chi connectivity index (χ4v) is 2.78. The van der Waals surface area contributed by atoms with Gasteiger partial charge in [0.25, 0.3) is 0 Å². The van der Waals surface area contributed by atoms with Crippen molar-refractivity contribution in [2.24, 2.45) is 0 Å². The van der Waals surface area contributed by atoms with E-state index in [1.54, 1.807) is 4.57 Å². The number of carbonyl (C=O) groups excluding carboxylic acids is 1. The third-order valence-electron chi connectivity index (χ3n) is 4.09. The minimum atomic E-state index is -0.569. The Labute approximate surface area is 145 Å². The van der Waals surface area contributed by atoms with Crippen LogP contribution in [0, 0.1) is 0 Å². The van der Waals surface area contributed by atoms with Crippen LogP contribution in [0.3, 0.4) is 0 Å². The lowest BCUT2D eigenvalue weighted by molar-refractivity contribution is -0.0319. The predicted molar refractivity (Wildman–Crippen MR) is 90.3 cm³/mol. The van der Waals surface area contributed by atoms with Gasteiger partial charge in [0.05, 0.1) is 13.7 Å². The van der Waals surface area contributed by atoms with Crippen LogP contribution in [0.15, 0.2) is 0 Å². The van der Waals surface area contributed by atoms with Crippen LogP contribution >= 0.6 is 0 Å². The van der Waals surface area contributed by atoms with Crippen LogP contribution in [-0.2, 0) is 9.47 Å². The number of nitrogens with zero attached hydrogens (tertiary/aromatic N) is 4. The zero-order chi connectivity index (χ0) is 17.8. The van der Waals surface area contributed by atoms with E-state index in [0.29, 0.717) is 24.4 Å². The molecule has 0 saturated carbocycles. The summed E-state index contributed by atoms with van der Waals surface area (Å²) in [5.74, 6) is -0.299. The van der Waals surface area contributed by atoms with Gasteiger partial charge in [-0.05, 0) is 25.7 Å². The summed E-state index contributed by atoms with van der Waals surface area (Å²) < 4.78 is 17.9. The monoisotopic (exact) mass is 349 g/mol. The lowest BCUT2D eigenvalue weighted by Gasteiger charge is -2.25. The number of esters is 1. The molecular formula is C16H23N5O4. The summed E-state index contributed by atoms with van der Waals surface area (Å²) in [4.78, 5) is 25.0. The Morgan fingerprint density at radius 2 is 2.20 bits per heavy atom. The first kappa shape index (κ1) is 17.4. The van der Waals surface area contributed by atoms with E-state index in [9.17, 15) is 4.79 Å². The van der Waals surface area contributed by atoms with Gasteiger partial charge in [0, 0.05) is 6.61 Å². The predicted octanol–water partition coefficient (Wildman–Crippen LogP) is 2.07. The number of anilines is 1. The molecule has 0 aromatic carbocycles. The van der Waals surface area contributed by atoms with E-state index in [-0.39, 0.29) is 23.9 Å². The van der Waals surface area contributed by atoms with Crippen molar-refractivity contribution in [3.63, 3.8) is 0 Å². The van der Waals surface area contributed by atoms with Crippen LogP contribution in [0.4, 0.5) is 5.82 Å². The Kier molecular flexibility index (Phi) is 5.32. The van der Waals surface area contributed by atoms with Crippen molar-refractivity contribution in [1.29, 1.82) is 0 Å². The number of ether oxygens (including phenoxy) is 3. The number of hydrogen-bond acceptors (Lipinski definition) is 8. The molecule has 2 N–H and O–H groups in total. The number of hydrogen-bond donors (Lipinski definition) is 1. The van der Waals surface area contributed by atoms with Crippen LogP contribution in [0.1, 0.15) is 55.9 Å². The lowest BCUT2D eigenvalue weighted by Crippen LogP contribution is -2.23. The van der Waals surface area contributed by atoms with Gasteiger partial charge in [0.15, 0.2) is 17.0 Å². The van der Waals surface area contributed by atoms with Crippen molar-refractivity contribution in [1.82, 2.24) is 19.5 Å². The summed E-state index contributed by atoms with van der Waals surface area (Å²) in [5, 5.41) is 0. The summed E-state index contributed by atoms with van der Waals surface area (Å²) in [6, 6.07) is 0.173. The average Bonchev–Trinajstić information content (AvgIpc) is 3.02. The minimum absolute atomic E-state index is 0.108. The normalized spacial score (nSPS) is 17.6. The molecule has 0 bridgehead atoms. The van der Waals surface area contributed by atoms with Crippen LogP contribution in [0.25, 0.3) is 11.2 Å². The Morgan fingerprint density at radius 1 is 1.36 bits per heavy atom. The zero-order valence-electron chi connectivity index (χ0n) is 14.5. The topological polar surface area (TPSA) is 114 Å². The van der Waals surface area contributed by atoms with Crippen molar-refractivity contribution < 1.29 is 19.0 Å². The standard InChI is InChI=1S/C16H23N5O4/c1-3-4-8-25-16-19-12(17)11-13(20-16)21(10-7-5-6-9-24-10)14(18-11)15(22)23-2/h10H,3-9H2,1-2H3,(H2,17,19,20). The third-order valence-corrected chi connectivity index (χ3v) is 4.09. The second-order valence-electron chi connectivity index (χ2n) is 5.88. The van der Waals surface area contributed by atoms with E-state index in [4.69, 9.17) is 19.9 Å². The molecule has 1 aliphatic heterocycles. The highest BCUT2D eigenvalue weighted by atomic mass is 16.5. The van der Waals surface area contributed by atoms with Gasteiger partial charge in [-0.2, -0.15) is 9.97 Å². The molecule has 9 heteroatoms. The quantitative estimate of drug-likeness (QED) is 0.622. The van der Waals surface area contributed by atoms with Gasteiger partial charge in [-0.1, -0.05) is 13.3 Å². The SMILES string of the molecule is CCCCOc1nc(N)c2nc(C(=O)OC)n(C3CCCCO3)c2n1. The summed E-state index contributed by atoms with van der Waals surface area (Å²) in [6.45, 7) is 3.19. The molecule has 2 aromatic rings. The Morgan fingerprint density at radius 3 is 2.88 bits per heavy atom. The molecule has 1 fully saturated rings. The number of imidazole rings is 1. The fourth-order valence-electron chi connectivity index (χ4n) is 2.78. The molecule has 9 nitrogen and oxygen atoms in total. The summed E-state index contributed by atoms with van der Waals surface area (Å²) in [6.07, 6.45) is 4.28. The van der Waals surface area contributed by atoms with E-state index in [1.165, 1.54) is 7.11 Å². The van der Waals surface area contributed by atoms with Crippen LogP contribution in [-0.4, -0.2) is 45.8 Å². The van der Waals surface area contributed by atoms with Gasteiger partial charge in [0.1, 0.15) is 6.23 Å². The van der Waals surface area contributed by atoms with Gasteiger partial charge in [-0.25, -0.2) is 9.78 Å². The second kappa shape index (κ2) is 7.64. The molecule has 3 rings (SSSR count). The summed E-state index contributed by atoms with van der Waals surface area (Å²) in [5.41, 5.74) is 6.78. The number of fused-ring (bicyclic) bond motifs is 1. The maximum Gasteiger partial charge on any atom is 0.374 e. The van der Waals surface area contributed by atoms with Crippen molar-refractivity contribution in [2.75, 3.05) is 26.1 Å². The van der Waals surface area contributed by atoms with Crippen molar-refractivity contribution >= 4 is 23.0 Å². The van der Waals surface area contributed by atoms with Crippen molar-refractivity contribution in [2.45, 2.75) is 45.3 Å². The van der Waals surface area contributed by atoms with Crippen LogP contribution in [0.2, 0.25) is 0 Å². The third kappa shape index (κ3) is 3.51. The molecule has 136 valence electrons. The molecule has 1 aliphatic rings. The molecule has 2 aromatic heterocycles. The first-order valence-corrected chi connectivity index (χ1v) is 8.53. The number of carbonyl (C=O) groups is 1. The molecule has 25 heavy (non-hydrogen) atoms. The number of rotatable bonds is 6. The first-order valence-electron chi connectivity index (χ1n) is 8.53. The molecule has 1 atom stereocenters. The minimum Gasteiger partial charge on any atom is -0.463 e. The number of unbranched alkanes of at least 4 members (excludes halogenated alkanes) is 1. The molecule has 1 saturated heterocycles. The first-order chi connectivity index (χ1) is 12.2. The molecule has 3 heterocycles. The van der Waals surface area contributed by atoms with Gasteiger partial charge < -0.3 is 19.9 Å². The van der Waals surface area contributed by atoms with E-state index in [2.05, 4.69) is 21.9 Å². The van der Waals surface area contributed by atoms with E-state index in [0.717, 1.165) is 32.1 Å². The van der Waals surface area contributed by atoms with Crippen molar-refractivity contribution in [3.05, 3.63) is 5.82 Å². The van der Waals surface area contributed by atoms with Gasteiger partial charge >= 0.3 is 12.0 Å². The van der Waals surface area contributed by atoms with E-state index < -0.39 is 5.97 Å². The Bertz CT molecular complexity index is 755. The maximum atomic E-state index is 12.2. The highest BCUT2D eigenvalue weighted by molar-refractivity contribution is 5.93. The molecular weight excluding hydrogens is 326 g/mol. The van der Waals surface area contributed by atoms with Gasteiger partial charge in [-0.15, -0.1) is 0 Å². The molecule has 0 spiro atoms. The Balaban J connectivity index is 2.08. The molecule has 1 unspecified atom stereocenters. The smallest absolute Gasteiger partial charge is 0.374 e. The fraction of sp³-hybridized carbons (Fsp3) is 0.625. The molecule has 0 radical (unpaired) electrons. The lowest BCUT2D eigenvalue weighted by atomic mass is 10.2. The number of nitrogens with two attached hydrogens (primary N) is 1. The average molecular weight is 349 g/mol. The van der Waals surface area contributed by atoms with E-state index >= 15 is 0 Å². The maximum absolute atomic E-state index is 12.2. The molecule has 0 aliphatic carbocycles. The van der Waals surface area contributed by atoms with Gasteiger partial charge in [0.2, 0.25) is 5.82 Å². The second-order valence-corrected chi connectivity index (χ2v) is 5.88. The van der Waals surface area contributed by atoms with Crippen LogP contribution < -0.4 is 10.5 Å². The summed E-state index contributed by atoms with van der Waals surface area (Å²) >= 11 is 0. The highest BCUT2D eigenvalue weighted by Crippen LogP contribution is 2.30. The van der Waals surface area contributed by atoms with Crippen LogP contribution in [0.5, 0.6) is 6.01 Å². The highest BCUT2D eigenvalue weighted by Gasteiger charge is 2.28. The Hall–Kier alpha value is -2.42. The van der Waals surface area contributed by atoms with E-state index in [1.807, 2.05) is 0 Å². The largest absolute Gasteiger partial charge is 0.463 e.